The first-order chi connectivity index (χ1) is 11.1. The number of benzene rings is 1. The van der Waals surface area contributed by atoms with Crippen LogP contribution in [0, 0.1) is 0 Å². The van der Waals surface area contributed by atoms with E-state index < -0.39 is 6.04 Å². The van der Waals surface area contributed by atoms with Gasteiger partial charge in [-0.25, -0.2) is 4.90 Å². The largest absolute Gasteiger partial charge is 0.351 e. The van der Waals surface area contributed by atoms with Crippen LogP contribution in [0.2, 0.25) is 0 Å². The summed E-state index contributed by atoms with van der Waals surface area (Å²) >= 11 is 3.34. The molecule has 6 nitrogen and oxygen atoms in total. The Morgan fingerprint density at radius 2 is 1.83 bits per heavy atom. The highest BCUT2D eigenvalue weighted by Gasteiger charge is 2.44. The zero-order valence-corrected chi connectivity index (χ0v) is 14.2. The molecule has 0 aliphatic carbocycles. The highest BCUT2D eigenvalue weighted by molar-refractivity contribution is 9.10. The summed E-state index contributed by atoms with van der Waals surface area (Å²) in [4.78, 5) is 38.1. The number of anilines is 1. The number of halogens is 1. The predicted octanol–water partition coefficient (Wildman–Crippen LogP) is 0.313. The molecule has 0 saturated carbocycles. The normalized spacial score (nSPS) is 25.4. The van der Waals surface area contributed by atoms with Crippen LogP contribution in [-0.4, -0.2) is 36.3 Å². The molecule has 7 heteroatoms. The van der Waals surface area contributed by atoms with Crippen molar-refractivity contribution in [1.82, 2.24) is 5.32 Å². The maximum absolute atomic E-state index is 12.6. The van der Waals surface area contributed by atoms with E-state index in [0.717, 1.165) is 23.7 Å². The molecule has 0 aromatic heterocycles. The summed E-state index contributed by atoms with van der Waals surface area (Å²) in [5.74, 6) is -0.494. The van der Waals surface area contributed by atoms with Gasteiger partial charge in [0.2, 0.25) is 5.91 Å². The molecule has 0 spiro atoms. The molecule has 0 unspecified atom stereocenters. The van der Waals surface area contributed by atoms with Gasteiger partial charge < -0.3 is 10.6 Å². The van der Waals surface area contributed by atoms with Crippen LogP contribution in [0.1, 0.15) is 25.7 Å². The molecule has 1 aromatic rings. The summed E-state index contributed by atoms with van der Waals surface area (Å²) < 4.78 is 0.888. The number of nitrogens with zero attached hydrogens (tertiary/aromatic N) is 1. The molecular formula is C16H19BrN3O3+. The van der Waals surface area contributed by atoms with E-state index >= 15 is 0 Å². The molecule has 122 valence electrons. The highest BCUT2D eigenvalue weighted by atomic mass is 79.9. The third kappa shape index (κ3) is 3.45. The Hall–Kier alpha value is -1.73. The molecule has 0 radical (unpaired) electrons. The van der Waals surface area contributed by atoms with Crippen LogP contribution in [0.4, 0.5) is 5.69 Å². The summed E-state index contributed by atoms with van der Waals surface area (Å²) in [6.07, 6.45) is 2.78. The lowest BCUT2D eigenvalue weighted by atomic mass is 10.1. The molecule has 2 aliphatic heterocycles. The summed E-state index contributed by atoms with van der Waals surface area (Å²) in [7, 11) is 0. The second-order valence-electron chi connectivity index (χ2n) is 5.94. The fourth-order valence-corrected chi connectivity index (χ4v) is 3.36. The average Bonchev–Trinajstić information content (AvgIpc) is 2.68. The highest BCUT2D eigenvalue weighted by Crippen LogP contribution is 2.23. The molecule has 3 rings (SSSR count). The quantitative estimate of drug-likeness (QED) is 0.740. The third-order valence-corrected chi connectivity index (χ3v) is 4.84. The van der Waals surface area contributed by atoms with Crippen molar-refractivity contribution in [2.45, 2.75) is 37.8 Å². The minimum Gasteiger partial charge on any atom is -0.351 e. The number of amides is 3. The fourth-order valence-electron chi connectivity index (χ4n) is 3.09. The molecule has 3 amide bonds. The van der Waals surface area contributed by atoms with E-state index in [2.05, 4.69) is 21.2 Å². The number of quaternary nitrogens is 1. The molecule has 0 bridgehead atoms. The molecular weight excluding hydrogens is 362 g/mol. The summed E-state index contributed by atoms with van der Waals surface area (Å²) in [6, 6.07) is 6.27. The molecule has 2 aliphatic rings. The SMILES string of the molecule is O=C1NCCCC[C@@H]1[NH2+][C@@H]1CC(=O)N(c2ccc(Br)cc2)C1=O. The molecule has 1 aromatic carbocycles. The van der Waals surface area contributed by atoms with Crippen LogP contribution in [-0.2, 0) is 14.4 Å². The Morgan fingerprint density at radius 3 is 2.57 bits per heavy atom. The van der Waals surface area contributed by atoms with Crippen LogP contribution in [0.3, 0.4) is 0 Å². The van der Waals surface area contributed by atoms with Crippen molar-refractivity contribution in [1.29, 1.82) is 0 Å². The van der Waals surface area contributed by atoms with E-state index in [-0.39, 0.29) is 30.2 Å². The van der Waals surface area contributed by atoms with E-state index in [1.165, 1.54) is 4.90 Å². The zero-order valence-electron chi connectivity index (χ0n) is 12.6. The molecule has 2 heterocycles. The Bertz CT molecular complexity index is 632. The first-order valence-electron chi connectivity index (χ1n) is 7.81. The lowest BCUT2D eigenvalue weighted by molar-refractivity contribution is -0.696. The maximum atomic E-state index is 12.6. The van der Waals surface area contributed by atoms with Crippen molar-refractivity contribution in [2.75, 3.05) is 11.4 Å². The van der Waals surface area contributed by atoms with E-state index in [1.54, 1.807) is 29.6 Å². The van der Waals surface area contributed by atoms with Gasteiger partial charge >= 0.3 is 0 Å². The van der Waals surface area contributed by atoms with Crippen molar-refractivity contribution in [3.8, 4) is 0 Å². The Labute approximate surface area is 142 Å². The average molecular weight is 381 g/mol. The van der Waals surface area contributed by atoms with Gasteiger partial charge in [-0.15, -0.1) is 0 Å². The van der Waals surface area contributed by atoms with E-state index in [0.29, 0.717) is 12.2 Å². The van der Waals surface area contributed by atoms with Crippen molar-refractivity contribution >= 4 is 39.3 Å². The molecule has 3 N–H and O–H groups in total. The molecule has 23 heavy (non-hydrogen) atoms. The molecule has 2 saturated heterocycles. The lowest BCUT2D eigenvalue weighted by Crippen LogP contribution is -2.98. The summed E-state index contributed by atoms with van der Waals surface area (Å²) in [5.41, 5.74) is 0.574. The Balaban J connectivity index is 1.73. The number of hydrogen-bond acceptors (Lipinski definition) is 3. The van der Waals surface area contributed by atoms with Crippen molar-refractivity contribution in [3.05, 3.63) is 28.7 Å². The van der Waals surface area contributed by atoms with Gasteiger partial charge in [0.15, 0.2) is 12.1 Å². The second kappa shape index (κ2) is 6.80. The zero-order chi connectivity index (χ0) is 16.4. The number of nitrogens with two attached hydrogens (primary N) is 1. The number of carbonyl (C=O) groups is 3. The second-order valence-corrected chi connectivity index (χ2v) is 6.86. The van der Waals surface area contributed by atoms with Gasteiger partial charge in [0.1, 0.15) is 0 Å². The van der Waals surface area contributed by atoms with E-state index in [1.807, 2.05) is 0 Å². The lowest BCUT2D eigenvalue weighted by Gasteiger charge is -2.17. The van der Waals surface area contributed by atoms with Gasteiger partial charge in [-0.1, -0.05) is 15.9 Å². The van der Waals surface area contributed by atoms with Crippen LogP contribution in [0.5, 0.6) is 0 Å². The van der Waals surface area contributed by atoms with Crippen molar-refractivity contribution in [3.63, 3.8) is 0 Å². The minimum absolute atomic E-state index is 0.0372. The predicted molar refractivity (Wildman–Crippen MR) is 87.6 cm³/mol. The molecule has 2 fully saturated rings. The van der Waals surface area contributed by atoms with Crippen LogP contribution in [0.15, 0.2) is 28.7 Å². The summed E-state index contributed by atoms with van der Waals surface area (Å²) in [5, 5.41) is 4.62. The third-order valence-electron chi connectivity index (χ3n) is 4.31. The van der Waals surface area contributed by atoms with Gasteiger partial charge in [-0.2, -0.15) is 0 Å². The number of hydrogen-bond donors (Lipinski definition) is 2. The Kier molecular flexibility index (Phi) is 4.77. The minimum atomic E-state index is -0.514. The van der Waals surface area contributed by atoms with Crippen molar-refractivity contribution < 1.29 is 19.7 Å². The summed E-state index contributed by atoms with van der Waals surface area (Å²) in [6.45, 7) is 0.686. The first kappa shape index (κ1) is 16.1. The van der Waals surface area contributed by atoms with Gasteiger partial charge in [0.25, 0.3) is 11.8 Å². The van der Waals surface area contributed by atoms with E-state index in [9.17, 15) is 14.4 Å². The van der Waals surface area contributed by atoms with Crippen LogP contribution in [0.25, 0.3) is 0 Å². The van der Waals surface area contributed by atoms with Crippen LogP contribution >= 0.6 is 15.9 Å². The number of nitrogens with one attached hydrogen (secondary N) is 1. The standard InChI is InChI=1S/C16H18BrN3O3/c17-10-4-6-11(7-5-10)20-14(21)9-13(16(20)23)19-12-3-1-2-8-18-15(12)22/h4-7,12-13,19H,1-3,8-9H2,(H,18,22)/p+1/t12-,13+/m0/s1. The van der Waals surface area contributed by atoms with Crippen molar-refractivity contribution in [2.24, 2.45) is 0 Å². The number of imide groups is 1. The number of rotatable bonds is 3. The fraction of sp³-hybridized carbons (Fsp3) is 0.438. The maximum Gasteiger partial charge on any atom is 0.292 e. The number of carbonyl (C=O) groups excluding carboxylic acids is 3. The van der Waals surface area contributed by atoms with Crippen LogP contribution < -0.4 is 15.5 Å². The topological polar surface area (TPSA) is 83.1 Å². The monoisotopic (exact) mass is 380 g/mol. The first-order valence-corrected chi connectivity index (χ1v) is 8.60. The van der Waals surface area contributed by atoms with E-state index in [4.69, 9.17) is 0 Å². The van der Waals surface area contributed by atoms with Gasteiger partial charge in [-0.05, 0) is 37.1 Å². The van der Waals surface area contributed by atoms with Gasteiger partial charge in [-0.3, -0.25) is 14.4 Å². The van der Waals surface area contributed by atoms with Gasteiger partial charge in [0.05, 0.1) is 12.1 Å². The Morgan fingerprint density at radius 1 is 1.09 bits per heavy atom. The van der Waals surface area contributed by atoms with Gasteiger partial charge in [0, 0.05) is 17.4 Å². The smallest absolute Gasteiger partial charge is 0.292 e. The molecule has 2 atom stereocenters.